The van der Waals surface area contributed by atoms with Crippen molar-refractivity contribution in [3.05, 3.63) is 12.3 Å². The minimum atomic E-state index is 0.937. The van der Waals surface area contributed by atoms with Gasteiger partial charge < -0.3 is 0 Å². The lowest BCUT2D eigenvalue weighted by Gasteiger charge is -1.85. The van der Waals surface area contributed by atoms with Gasteiger partial charge in [0.2, 0.25) is 0 Å². The highest BCUT2D eigenvalue weighted by atomic mass is 32.1. The van der Waals surface area contributed by atoms with Crippen molar-refractivity contribution in [2.24, 2.45) is 0 Å². The van der Waals surface area contributed by atoms with E-state index in [0.29, 0.717) is 0 Å². The zero-order chi connectivity index (χ0) is 5.54. The molecule has 0 bridgehead atoms. The summed E-state index contributed by atoms with van der Waals surface area (Å²) in [6.45, 7) is 3.62. The minimum absolute atomic E-state index is 0.937. The fourth-order valence-corrected chi connectivity index (χ4v) is 1.32. The Morgan fingerprint density at radius 3 is 2.86 bits per heavy atom. The molecule has 0 aromatic rings. The third-order valence-electron chi connectivity index (χ3n) is 0.624. The largest absolute Gasteiger partial charge is 0.179 e. The van der Waals surface area contributed by atoms with Gasteiger partial charge in [0.15, 0.2) is 0 Å². The Hall–Kier alpha value is 0.307. The van der Waals surface area contributed by atoms with Crippen molar-refractivity contribution in [1.29, 1.82) is 0 Å². The van der Waals surface area contributed by atoms with E-state index in [9.17, 15) is 0 Å². The summed E-state index contributed by atoms with van der Waals surface area (Å²) in [7, 11) is 0.937. The molecule has 0 atom stereocenters. The lowest BCUT2D eigenvalue weighted by molar-refractivity contribution is 1.10. The Morgan fingerprint density at radius 2 is 2.43 bits per heavy atom. The molecule has 0 spiro atoms. The molecule has 0 aliphatic rings. The zero-order valence-electron chi connectivity index (χ0n) is 4.35. The second kappa shape index (κ2) is 6.31. The molecular weight excluding hydrogens is 120 g/mol. The molecule has 0 aromatic heterocycles. The van der Waals surface area contributed by atoms with Gasteiger partial charge in [-0.3, -0.25) is 0 Å². The highest BCUT2D eigenvalue weighted by molar-refractivity contribution is 7.80. The van der Waals surface area contributed by atoms with Gasteiger partial charge in [0.1, 0.15) is 0 Å². The highest BCUT2D eigenvalue weighted by Crippen LogP contribution is 1.89. The lowest BCUT2D eigenvalue weighted by Crippen LogP contribution is -1.82. The molecule has 0 aliphatic carbocycles. The maximum absolute atomic E-state index is 4.06. The van der Waals surface area contributed by atoms with Gasteiger partial charge in [-0.2, -0.15) is 12.6 Å². The molecule has 0 heterocycles. The maximum atomic E-state index is 4.06. The number of hydrogen-bond donors (Lipinski definition) is 1. The molecule has 0 aromatic carbocycles. The first-order valence-electron chi connectivity index (χ1n) is 2.37. The molecule has 0 nitrogen and oxygen atoms in total. The van der Waals surface area contributed by atoms with Crippen LogP contribution in [0.5, 0.6) is 0 Å². The average Bonchev–Trinajstić information content (AvgIpc) is 1.69. The van der Waals surface area contributed by atoms with Crippen LogP contribution in [0.3, 0.4) is 0 Å². The molecule has 2 radical (unpaired) electrons. The summed E-state index contributed by atoms with van der Waals surface area (Å²) >= 11 is 4.06. The molecule has 0 N–H and O–H groups in total. The van der Waals surface area contributed by atoms with E-state index in [-0.39, 0.29) is 0 Å². The van der Waals surface area contributed by atoms with Crippen molar-refractivity contribution in [2.45, 2.75) is 12.5 Å². The van der Waals surface area contributed by atoms with Crippen molar-refractivity contribution in [3.8, 4) is 0 Å². The summed E-state index contributed by atoms with van der Waals surface area (Å²) in [5, 5.41) is 0. The predicted molar refractivity (Wildman–Crippen MR) is 39.2 cm³/mol. The van der Waals surface area contributed by atoms with E-state index in [0.717, 1.165) is 15.3 Å². The normalized spacial score (nSPS) is 8.71. The molecule has 0 fully saturated rings. The summed E-state index contributed by atoms with van der Waals surface area (Å²) in [6.07, 6.45) is 1.23. The molecule has 0 unspecified atom stereocenters. The monoisotopic (exact) mass is 130 g/mol. The maximum Gasteiger partial charge on any atom is 0.0695 e. The molecule has 0 amide bonds. The van der Waals surface area contributed by atoms with E-state index in [4.69, 9.17) is 0 Å². The molecule has 40 valence electrons. The van der Waals surface area contributed by atoms with Crippen LogP contribution >= 0.6 is 12.6 Å². The van der Waals surface area contributed by atoms with E-state index in [1.165, 1.54) is 12.5 Å². The van der Waals surface area contributed by atoms with Crippen molar-refractivity contribution in [3.63, 3.8) is 0 Å². The lowest BCUT2D eigenvalue weighted by atomic mass is 10.6. The smallest absolute Gasteiger partial charge is 0.0695 e. The molecule has 0 saturated heterocycles. The van der Waals surface area contributed by atoms with Crippen LogP contribution in [-0.4, -0.2) is 15.3 Å². The molecule has 7 heavy (non-hydrogen) atoms. The van der Waals surface area contributed by atoms with Crippen LogP contribution < -0.4 is 0 Å². The molecule has 2 heteroatoms. The van der Waals surface area contributed by atoms with Gasteiger partial charge in [0.05, 0.1) is 9.52 Å². The fourth-order valence-electron chi connectivity index (χ4n) is 0.283. The summed E-state index contributed by atoms with van der Waals surface area (Å²) in [6, 6.07) is 1.27. The molecular formula is C5H10SSi. The fraction of sp³-hybridized carbons (Fsp3) is 0.600. The van der Waals surface area contributed by atoms with Crippen molar-refractivity contribution < 1.29 is 0 Å². The van der Waals surface area contributed by atoms with Gasteiger partial charge >= 0.3 is 0 Å². The first-order valence-corrected chi connectivity index (χ1v) is 4.28. The molecule has 0 saturated carbocycles. The summed E-state index contributed by atoms with van der Waals surface area (Å²) in [5.41, 5.74) is 1.98. The number of hydrogen-bond acceptors (Lipinski definition) is 1. The van der Waals surface area contributed by atoms with Gasteiger partial charge in [-0.25, -0.2) is 0 Å². The van der Waals surface area contributed by atoms with Gasteiger partial charge in [-0.05, 0) is 12.2 Å². The Labute approximate surface area is 53.2 Å². The SMILES string of the molecule is C=C[Si]CCCS. The zero-order valence-corrected chi connectivity index (χ0v) is 6.25. The third kappa shape index (κ3) is 6.31. The van der Waals surface area contributed by atoms with E-state index < -0.39 is 0 Å². The number of thiol groups is 1. The van der Waals surface area contributed by atoms with Crippen LogP contribution in [0.4, 0.5) is 0 Å². The van der Waals surface area contributed by atoms with E-state index in [2.05, 4.69) is 19.2 Å². The minimum Gasteiger partial charge on any atom is -0.179 e. The van der Waals surface area contributed by atoms with Crippen LogP contribution in [0.1, 0.15) is 6.42 Å². The second-order valence-corrected chi connectivity index (χ2v) is 3.00. The van der Waals surface area contributed by atoms with Crippen LogP contribution in [0, 0.1) is 0 Å². The topological polar surface area (TPSA) is 0 Å². The standard InChI is InChI=1S/C5H10SSi/c1-2-7-5-3-4-6/h2,6H,1,3-5H2. The summed E-state index contributed by atoms with van der Waals surface area (Å²) in [4.78, 5) is 0. The van der Waals surface area contributed by atoms with Crippen LogP contribution in [0.25, 0.3) is 0 Å². The first-order chi connectivity index (χ1) is 3.41. The average molecular weight is 130 g/mol. The van der Waals surface area contributed by atoms with Gasteiger partial charge in [0, 0.05) is 0 Å². The van der Waals surface area contributed by atoms with E-state index >= 15 is 0 Å². The first kappa shape index (κ1) is 7.31. The summed E-state index contributed by atoms with van der Waals surface area (Å²) in [5.74, 6) is 1.01. The Morgan fingerprint density at radius 1 is 1.71 bits per heavy atom. The van der Waals surface area contributed by atoms with Crippen molar-refractivity contribution in [2.75, 3.05) is 5.75 Å². The predicted octanol–water partition coefficient (Wildman–Crippen LogP) is 1.57. The number of rotatable bonds is 4. The van der Waals surface area contributed by atoms with Crippen LogP contribution in [0.15, 0.2) is 12.3 Å². The van der Waals surface area contributed by atoms with Gasteiger partial charge in [0.25, 0.3) is 0 Å². The van der Waals surface area contributed by atoms with Crippen molar-refractivity contribution >= 4 is 22.1 Å². The quantitative estimate of drug-likeness (QED) is 0.333. The molecule has 0 aliphatic heterocycles. The van der Waals surface area contributed by atoms with E-state index in [1.54, 1.807) is 0 Å². The second-order valence-electron chi connectivity index (χ2n) is 1.24. The van der Waals surface area contributed by atoms with Gasteiger partial charge in [-0.15, -0.1) is 12.3 Å². The molecule has 0 rings (SSSR count). The van der Waals surface area contributed by atoms with Gasteiger partial charge in [-0.1, -0.05) is 6.04 Å². The van der Waals surface area contributed by atoms with Crippen molar-refractivity contribution in [1.82, 2.24) is 0 Å². The third-order valence-corrected chi connectivity index (χ3v) is 1.87. The van der Waals surface area contributed by atoms with E-state index in [1.807, 2.05) is 5.70 Å². The Kier molecular flexibility index (Phi) is 6.58. The van der Waals surface area contributed by atoms with Crippen LogP contribution in [0.2, 0.25) is 6.04 Å². The highest BCUT2D eigenvalue weighted by Gasteiger charge is 1.79. The summed E-state index contributed by atoms with van der Waals surface area (Å²) < 4.78 is 0. The Bertz CT molecular complexity index is 45.3. The van der Waals surface area contributed by atoms with Crippen LogP contribution in [-0.2, 0) is 0 Å². The Balaban J connectivity index is 2.56.